The van der Waals surface area contributed by atoms with Crippen LogP contribution in [0.2, 0.25) is 0 Å². The first-order valence-corrected chi connectivity index (χ1v) is 4.97. The van der Waals surface area contributed by atoms with Crippen LogP contribution in [0.4, 0.5) is 0 Å². The maximum atomic E-state index is 11.1. The Hall–Kier alpha value is -2.01. The molecule has 0 amide bonds. The monoisotopic (exact) mass is 238 g/mol. The molecule has 1 N–H and O–H groups in total. The Kier molecular flexibility index (Phi) is 5.03. The van der Waals surface area contributed by atoms with Gasteiger partial charge in [-0.15, -0.1) is 0 Å². The molecule has 0 aliphatic rings. The van der Waals surface area contributed by atoms with Gasteiger partial charge in [-0.1, -0.05) is 12.6 Å². The number of carbonyl (C=O) groups is 1. The normalized spacial score (nSPS) is 9.71. The third-order valence-corrected chi connectivity index (χ3v) is 1.87. The van der Waals surface area contributed by atoms with Gasteiger partial charge in [0.25, 0.3) is 0 Å². The van der Waals surface area contributed by atoms with Gasteiger partial charge >= 0.3 is 5.97 Å². The van der Waals surface area contributed by atoms with Crippen LogP contribution in [0, 0.1) is 0 Å². The van der Waals surface area contributed by atoms with Gasteiger partial charge in [0, 0.05) is 13.2 Å². The van der Waals surface area contributed by atoms with Crippen LogP contribution in [-0.2, 0) is 9.53 Å². The summed E-state index contributed by atoms with van der Waals surface area (Å²) in [6, 6.07) is 4.57. The average Bonchev–Trinajstić information content (AvgIpc) is 2.33. The van der Waals surface area contributed by atoms with Crippen molar-refractivity contribution in [2.75, 3.05) is 20.3 Å². The first kappa shape index (κ1) is 13.1. The number of para-hydroxylation sites is 1. The van der Waals surface area contributed by atoms with Crippen LogP contribution in [0.1, 0.15) is 0 Å². The van der Waals surface area contributed by atoms with Gasteiger partial charge in [-0.2, -0.15) is 0 Å². The van der Waals surface area contributed by atoms with Crippen LogP contribution in [-0.4, -0.2) is 31.4 Å². The number of carbonyl (C=O) groups excluding carboxylic acids is 1. The lowest BCUT2D eigenvalue weighted by Gasteiger charge is -2.11. The molecule has 0 unspecified atom stereocenters. The zero-order valence-electron chi connectivity index (χ0n) is 9.51. The third kappa shape index (κ3) is 3.81. The maximum Gasteiger partial charge on any atom is 0.335 e. The molecule has 0 atom stereocenters. The lowest BCUT2D eigenvalue weighted by atomic mass is 10.3. The number of aromatic hydroxyl groups is 1. The number of esters is 1. The van der Waals surface area contributed by atoms with E-state index in [-0.39, 0.29) is 17.2 Å². The smallest absolute Gasteiger partial charge is 0.335 e. The Morgan fingerprint density at radius 3 is 2.88 bits per heavy atom. The molecule has 0 bridgehead atoms. The zero-order valence-corrected chi connectivity index (χ0v) is 9.51. The fourth-order valence-corrected chi connectivity index (χ4v) is 1.10. The summed E-state index contributed by atoms with van der Waals surface area (Å²) in [6.07, 6.45) is 1.01. The van der Waals surface area contributed by atoms with E-state index in [4.69, 9.17) is 14.2 Å². The molecule has 17 heavy (non-hydrogen) atoms. The van der Waals surface area contributed by atoms with E-state index in [0.717, 1.165) is 6.08 Å². The predicted octanol–water partition coefficient (Wildman–Crippen LogP) is 1.51. The molecule has 5 nitrogen and oxygen atoms in total. The highest BCUT2D eigenvalue weighted by Crippen LogP contribution is 2.36. The second kappa shape index (κ2) is 6.55. The van der Waals surface area contributed by atoms with Crippen molar-refractivity contribution in [3.05, 3.63) is 30.9 Å². The average molecular weight is 238 g/mol. The second-order valence-corrected chi connectivity index (χ2v) is 3.07. The minimum atomic E-state index is -0.664. The summed E-state index contributed by atoms with van der Waals surface area (Å²) in [7, 11) is 1.55. The van der Waals surface area contributed by atoms with Crippen LogP contribution in [0.25, 0.3) is 0 Å². The summed E-state index contributed by atoms with van der Waals surface area (Å²) in [5, 5.41) is 9.57. The number of hydrogen-bond donors (Lipinski definition) is 1. The van der Waals surface area contributed by atoms with Crippen LogP contribution >= 0.6 is 0 Å². The van der Waals surface area contributed by atoms with Crippen LogP contribution in [0.3, 0.4) is 0 Å². The van der Waals surface area contributed by atoms with E-state index >= 15 is 0 Å². The first-order valence-electron chi connectivity index (χ1n) is 4.97. The summed E-state index contributed by atoms with van der Waals surface area (Å²) in [4.78, 5) is 11.1. The highest BCUT2D eigenvalue weighted by molar-refractivity contribution is 5.84. The van der Waals surface area contributed by atoms with Crippen LogP contribution < -0.4 is 9.47 Å². The quantitative estimate of drug-likeness (QED) is 0.352. The molecule has 0 saturated heterocycles. The third-order valence-electron chi connectivity index (χ3n) is 1.87. The van der Waals surface area contributed by atoms with Gasteiger partial charge in [0.2, 0.25) is 5.75 Å². The van der Waals surface area contributed by atoms with Crippen LogP contribution in [0.5, 0.6) is 17.2 Å². The number of rotatable bonds is 6. The Balaban J connectivity index is 2.83. The van der Waals surface area contributed by atoms with Gasteiger partial charge in [0.15, 0.2) is 11.5 Å². The van der Waals surface area contributed by atoms with Gasteiger partial charge < -0.3 is 19.3 Å². The van der Waals surface area contributed by atoms with Crippen molar-refractivity contribution in [3.63, 3.8) is 0 Å². The van der Waals surface area contributed by atoms with E-state index in [1.165, 1.54) is 6.07 Å². The summed E-state index contributed by atoms with van der Waals surface area (Å²) in [5.74, 6) is -0.580. The molecule has 1 rings (SSSR count). The second-order valence-electron chi connectivity index (χ2n) is 3.07. The number of ether oxygens (including phenoxy) is 3. The van der Waals surface area contributed by atoms with Gasteiger partial charge in [-0.3, -0.25) is 0 Å². The van der Waals surface area contributed by atoms with E-state index in [1.807, 2.05) is 0 Å². The molecule has 5 heteroatoms. The Bertz CT molecular complexity index is 400. The first-order chi connectivity index (χ1) is 8.19. The van der Waals surface area contributed by atoms with Crippen molar-refractivity contribution in [3.8, 4) is 17.2 Å². The van der Waals surface area contributed by atoms with Gasteiger partial charge in [-0.05, 0) is 12.1 Å². The highest BCUT2D eigenvalue weighted by Gasteiger charge is 2.13. The van der Waals surface area contributed by atoms with Crippen molar-refractivity contribution in [2.24, 2.45) is 0 Å². The SMILES string of the molecule is C=CC(=O)Oc1c(O)cccc1OCCOC. The predicted molar refractivity (Wildman–Crippen MR) is 61.3 cm³/mol. The zero-order chi connectivity index (χ0) is 12.7. The summed E-state index contributed by atoms with van der Waals surface area (Å²) in [5.41, 5.74) is 0. The Labute approximate surface area is 99.2 Å². The molecule has 0 fully saturated rings. The van der Waals surface area contributed by atoms with Crippen molar-refractivity contribution in [1.82, 2.24) is 0 Å². The lowest BCUT2D eigenvalue weighted by molar-refractivity contribution is -0.129. The molecule has 92 valence electrons. The largest absolute Gasteiger partial charge is 0.504 e. The molecule has 1 aromatic rings. The van der Waals surface area contributed by atoms with Crippen molar-refractivity contribution >= 4 is 5.97 Å². The highest BCUT2D eigenvalue weighted by atomic mass is 16.6. The molecule has 0 heterocycles. The fourth-order valence-electron chi connectivity index (χ4n) is 1.10. The van der Waals surface area contributed by atoms with Gasteiger partial charge in [0.05, 0.1) is 6.61 Å². The number of phenols is 1. The number of phenolic OH excluding ortho intramolecular Hbond substituents is 1. The molecule has 0 aliphatic carbocycles. The minimum Gasteiger partial charge on any atom is -0.504 e. The fraction of sp³-hybridized carbons (Fsp3) is 0.250. The maximum absolute atomic E-state index is 11.1. The topological polar surface area (TPSA) is 65.0 Å². The van der Waals surface area contributed by atoms with E-state index in [1.54, 1.807) is 19.2 Å². The molecule has 0 aliphatic heterocycles. The molecule has 0 aromatic heterocycles. The van der Waals surface area contributed by atoms with E-state index in [0.29, 0.717) is 13.2 Å². The molecular weight excluding hydrogens is 224 g/mol. The molecular formula is C12H14O5. The Morgan fingerprint density at radius 1 is 1.47 bits per heavy atom. The molecule has 0 spiro atoms. The molecule has 0 saturated carbocycles. The minimum absolute atomic E-state index is 0.0199. The van der Waals surface area contributed by atoms with Crippen molar-refractivity contribution in [1.29, 1.82) is 0 Å². The van der Waals surface area contributed by atoms with Crippen molar-refractivity contribution in [2.45, 2.75) is 0 Å². The molecule has 0 radical (unpaired) electrons. The number of benzene rings is 1. The number of methoxy groups -OCH3 is 1. The van der Waals surface area contributed by atoms with Gasteiger partial charge in [-0.25, -0.2) is 4.79 Å². The van der Waals surface area contributed by atoms with E-state index in [2.05, 4.69) is 6.58 Å². The summed E-state index contributed by atoms with van der Waals surface area (Å²) >= 11 is 0. The standard InChI is InChI=1S/C12H14O5/c1-3-11(14)17-12-9(13)5-4-6-10(12)16-8-7-15-2/h3-6,13H,1,7-8H2,2H3. The van der Waals surface area contributed by atoms with E-state index in [9.17, 15) is 9.90 Å². The Morgan fingerprint density at radius 2 is 2.24 bits per heavy atom. The molecule has 1 aromatic carbocycles. The number of hydrogen-bond acceptors (Lipinski definition) is 5. The summed E-state index contributed by atoms with van der Waals surface area (Å²) in [6.45, 7) is 3.96. The van der Waals surface area contributed by atoms with Crippen molar-refractivity contribution < 1.29 is 24.1 Å². The lowest BCUT2D eigenvalue weighted by Crippen LogP contribution is -2.08. The van der Waals surface area contributed by atoms with E-state index < -0.39 is 5.97 Å². The van der Waals surface area contributed by atoms with Crippen LogP contribution in [0.15, 0.2) is 30.9 Å². The van der Waals surface area contributed by atoms with Gasteiger partial charge in [0.1, 0.15) is 6.61 Å². The summed E-state index contributed by atoms with van der Waals surface area (Å²) < 4.78 is 15.0.